The van der Waals surface area contributed by atoms with Gasteiger partial charge in [0, 0.05) is 97.1 Å². The van der Waals surface area contributed by atoms with E-state index in [1.54, 1.807) is 0 Å². The highest BCUT2D eigenvalue weighted by Crippen LogP contribution is 2.27. The summed E-state index contributed by atoms with van der Waals surface area (Å²) < 4.78 is 14.7. The van der Waals surface area contributed by atoms with Gasteiger partial charge in [-0.25, -0.2) is 9.37 Å². The van der Waals surface area contributed by atoms with Crippen molar-refractivity contribution in [2.45, 2.75) is 139 Å². The molecule has 28 heteroatoms. The number of aromatic nitrogens is 3. The first-order valence-electron chi connectivity index (χ1n) is 30.1. The normalized spacial score (nSPS) is 23.0. The number of primary amides is 1. The van der Waals surface area contributed by atoms with Crippen molar-refractivity contribution in [2.75, 3.05) is 31.1 Å². The molecule has 25 nitrogen and oxygen atoms in total. The summed E-state index contributed by atoms with van der Waals surface area (Å²) in [5.74, 6) is -10.0. The molecule has 0 spiro atoms. The number of carboxylic acid groups (broad SMARTS) is 1. The topological polar surface area (TPSA) is 400 Å². The second-order valence-corrected chi connectivity index (χ2v) is 25.6. The minimum Gasteiger partial charge on any atom is -0.508 e. The van der Waals surface area contributed by atoms with Crippen LogP contribution in [0.3, 0.4) is 0 Å². The smallest absolute Gasteiger partial charge is 0.304 e. The maximum absolute atomic E-state index is 14.9. The summed E-state index contributed by atoms with van der Waals surface area (Å²) in [6, 6.07) is 9.54. The molecule has 5 aromatic rings. The minimum atomic E-state index is -1.71. The number of imidazole rings is 1. The molecular weight excluding hydrogens is 1220 g/mol. The molecule has 2 bridgehead atoms. The van der Waals surface area contributed by atoms with Crippen LogP contribution in [0.15, 0.2) is 85.5 Å². The number of carbonyl (C=O) groups is 11. The monoisotopic (exact) mass is 1290 g/mol. The lowest BCUT2D eigenvalue weighted by Crippen LogP contribution is -2.59. The Labute approximate surface area is 533 Å². The van der Waals surface area contributed by atoms with Crippen LogP contribution in [0, 0.1) is 17.2 Å². The Hall–Kier alpha value is -8.63. The Morgan fingerprint density at radius 2 is 1.53 bits per heavy atom. The highest BCUT2D eigenvalue weighted by atomic mass is 32.2. The summed E-state index contributed by atoms with van der Waals surface area (Å²) in [4.78, 5) is 165. The van der Waals surface area contributed by atoms with Crippen molar-refractivity contribution in [1.29, 1.82) is 0 Å². The Kier molecular flexibility index (Phi) is 25.7. The van der Waals surface area contributed by atoms with Crippen molar-refractivity contribution in [3.8, 4) is 5.75 Å². The van der Waals surface area contributed by atoms with Crippen LogP contribution in [0.25, 0.3) is 10.9 Å². The number of Topliss-reactive ketones (excluding diaryl/α,β-unsaturated/α-hetero) is 2. The van der Waals surface area contributed by atoms with Gasteiger partial charge >= 0.3 is 5.97 Å². The number of benzene rings is 3. The number of rotatable bonds is 13. The summed E-state index contributed by atoms with van der Waals surface area (Å²) in [5, 5.41) is 36.8. The van der Waals surface area contributed by atoms with Crippen molar-refractivity contribution in [3.05, 3.63) is 119 Å². The molecule has 7 rings (SSSR count). The lowest BCUT2D eigenvalue weighted by Gasteiger charge is -2.31. The number of unbranched alkanes of at least 4 members (excludes halogenated alkanes) is 1. The molecule has 0 aliphatic carbocycles. The summed E-state index contributed by atoms with van der Waals surface area (Å²) in [5.41, 5.74) is 13.5. The molecule has 0 radical (unpaired) electrons. The fraction of sp³-hybridized carbons (Fsp3) is 0.460. The second-order valence-electron chi connectivity index (χ2n) is 23.5. The van der Waals surface area contributed by atoms with Gasteiger partial charge in [0.25, 0.3) is 0 Å². The molecule has 91 heavy (non-hydrogen) atoms. The minimum absolute atomic E-state index is 0.0638. The maximum Gasteiger partial charge on any atom is 0.304 e. The lowest BCUT2D eigenvalue weighted by molar-refractivity contribution is -0.143. The predicted molar refractivity (Wildman–Crippen MR) is 338 cm³/mol. The van der Waals surface area contributed by atoms with Crippen LogP contribution in [-0.2, 0) is 83.5 Å². The highest BCUT2D eigenvalue weighted by molar-refractivity contribution is 7.98. The summed E-state index contributed by atoms with van der Waals surface area (Å²) in [7, 11) is 0. The Morgan fingerprint density at radius 1 is 0.791 bits per heavy atom. The van der Waals surface area contributed by atoms with Gasteiger partial charge in [0.15, 0.2) is 11.6 Å². The molecule has 8 amide bonds. The van der Waals surface area contributed by atoms with Gasteiger partial charge in [-0.05, 0) is 91.2 Å². The van der Waals surface area contributed by atoms with Crippen molar-refractivity contribution in [2.24, 2.45) is 22.8 Å². The first-order chi connectivity index (χ1) is 43.5. The number of carbonyl (C=O) groups excluding carboxylic acids is 10. The average Bonchev–Trinajstić information content (AvgIpc) is 1.80. The molecule has 1 fully saturated rings. The second kappa shape index (κ2) is 33.4. The van der Waals surface area contributed by atoms with Crippen LogP contribution in [-0.4, -0.2) is 162 Å². The number of amides is 8. The number of halogens is 1. The molecule has 1 saturated heterocycles. The predicted octanol–water partition coefficient (Wildman–Crippen LogP) is 2.51. The van der Waals surface area contributed by atoms with Gasteiger partial charge < -0.3 is 68.4 Å². The van der Waals surface area contributed by atoms with Crippen LogP contribution in [0.4, 0.5) is 4.39 Å². The number of nitrogens with one attached hydrogen (secondary N) is 8. The zero-order valence-electron chi connectivity index (χ0n) is 50.7. The SMILES string of the molecule is CC1(C)CC(=O)CNC(=O)[C@H](CCCCN)NC(=O)CCSCc2cccc(c2)CSC[C@@H](C(N)=O)NC(=O)[C@@H]2CCCN2C(=O)[C@H](Cc2ccc(O)cc2)NC(=O)[C@H](Cc2cnc[nH]2)NC(=O)[C@H](CC(=O)O)CC(=O)[C@H](Cc2c[nH]c3ccc(F)cc23)NC1=O. The molecular formula is C63H79FN12O13S2. The molecule has 14 N–H and O–H groups in total. The first kappa shape index (κ1) is 69.8. The van der Waals surface area contributed by atoms with E-state index < -0.39 is 144 Å². The summed E-state index contributed by atoms with van der Waals surface area (Å²) >= 11 is 2.84. The molecule has 2 aliphatic rings. The molecule has 488 valence electrons. The number of thioether (sulfide) groups is 2. The number of nitrogens with two attached hydrogens (primary N) is 2. The number of aromatic hydroxyl groups is 1. The molecule has 7 atom stereocenters. The standard InChI is InChI=1S/C63H79FN12O13S2/c1-63(2)28-44(78)31-69-58(85)47(9-3-4-18-65)71-54(80)17-20-90-32-37-7-5-8-38(21-37)33-91-34-51(56(66)83)74-60(87)52-10-6-19-76(52)61(88)50(22-36-11-14-43(77)15-12-36)73-59(86)49(27-42-30-67-35-70-42)72-57(84)39(25-55(81)82)24-53(79)48(75-62(63)89)23-40-29-68-46-16-13-41(64)26-45(40)46/h5,7-8,11-16,21,26,29-30,35,39,47-52,68,77H,3-4,6,9-10,17-20,22-25,27-28,31-34,65H2,1-2H3,(H2,66,83)(H,67,70)(H,69,85)(H,71,80)(H,72,84)(H,73,86)(H,74,87)(H,75,89)(H,81,82)/t39-,47-,48-,49-,50-,51-,52-/m0/s1. The van der Waals surface area contributed by atoms with Crippen LogP contribution >= 0.6 is 23.5 Å². The molecule has 3 aromatic carbocycles. The van der Waals surface area contributed by atoms with E-state index in [2.05, 4.69) is 46.9 Å². The van der Waals surface area contributed by atoms with Gasteiger partial charge in [-0.2, -0.15) is 23.5 Å². The molecule has 4 heterocycles. The highest BCUT2D eigenvalue weighted by Gasteiger charge is 2.41. The number of hydrogen-bond acceptors (Lipinski definition) is 16. The van der Waals surface area contributed by atoms with E-state index in [1.807, 2.05) is 24.3 Å². The number of fused-ring (bicyclic) bond motifs is 4. The van der Waals surface area contributed by atoms with E-state index in [4.69, 9.17) is 11.5 Å². The number of phenolic OH excluding ortho intramolecular Hbond substituents is 1. The molecule has 0 unspecified atom stereocenters. The zero-order chi connectivity index (χ0) is 65.8. The Morgan fingerprint density at radius 3 is 2.23 bits per heavy atom. The van der Waals surface area contributed by atoms with Gasteiger partial charge in [0.2, 0.25) is 47.3 Å². The largest absolute Gasteiger partial charge is 0.508 e. The number of carboxylic acids is 1. The quantitative estimate of drug-likeness (QED) is 0.0754. The van der Waals surface area contributed by atoms with Gasteiger partial charge in [0.1, 0.15) is 41.8 Å². The number of hydrogen-bond donors (Lipinski definition) is 12. The van der Waals surface area contributed by atoms with E-state index in [9.17, 15) is 67.3 Å². The average molecular weight is 1300 g/mol. The van der Waals surface area contributed by atoms with Crippen molar-refractivity contribution >= 4 is 99.2 Å². The molecule has 2 aliphatic heterocycles. The summed E-state index contributed by atoms with van der Waals surface area (Å²) in [6.45, 7) is 2.75. The van der Waals surface area contributed by atoms with E-state index in [1.165, 1.54) is 103 Å². The maximum atomic E-state index is 14.9. The lowest BCUT2D eigenvalue weighted by atomic mass is 9.85. The third-order valence-corrected chi connectivity index (χ3v) is 17.9. The third kappa shape index (κ3) is 21.0. The Balaban J connectivity index is 1.20. The fourth-order valence-corrected chi connectivity index (χ4v) is 12.8. The zero-order valence-corrected chi connectivity index (χ0v) is 52.3. The van der Waals surface area contributed by atoms with Crippen molar-refractivity contribution < 1.29 is 67.3 Å². The number of H-pyrrole nitrogens is 2. The van der Waals surface area contributed by atoms with Gasteiger partial charge in [-0.15, -0.1) is 0 Å². The third-order valence-electron chi connectivity index (χ3n) is 15.8. The van der Waals surface area contributed by atoms with Crippen molar-refractivity contribution in [1.82, 2.24) is 51.8 Å². The van der Waals surface area contributed by atoms with Gasteiger partial charge in [-0.1, -0.05) is 50.2 Å². The van der Waals surface area contributed by atoms with Crippen LogP contribution in [0.2, 0.25) is 0 Å². The van der Waals surface area contributed by atoms with Crippen LogP contribution in [0.5, 0.6) is 5.75 Å². The van der Waals surface area contributed by atoms with E-state index in [-0.39, 0.29) is 56.6 Å². The first-order valence-corrected chi connectivity index (χ1v) is 32.4. The number of phenols is 1. The van der Waals surface area contributed by atoms with E-state index in [0.29, 0.717) is 70.8 Å². The van der Waals surface area contributed by atoms with Crippen LogP contribution in [0.1, 0.15) is 99.6 Å². The Bertz CT molecular complexity index is 3420. The van der Waals surface area contributed by atoms with E-state index in [0.717, 1.165) is 11.1 Å². The summed E-state index contributed by atoms with van der Waals surface area (Å²) in [6.07, 6.45) is 2.98. The molecule has 2 aromatic heterocycles. The molecule has 0 saturated carbocycles. The number of aromatic amines is 2. The number of aliphatic carboxylic acids is 1. The fourth-order valence-electron chi connectivity index (χ4n) is 10.8. The number of nitrogens with zero attached hydrogens (tertiary/aromatic N) is 2. The van der Waals surface area contributed by atoms with Gasteiger partial charge in [0.05, 0.1) is 36.7 Å². The van der Waals surface area contributed by atoms with Gasteiger partial charge in [-0.3, -0.25) is 52.7 Å². The van der Waals surface area contributed by atoms with Crippen molar-refractivity contribution in [3.63, 3.8) is 0 Å². The van der Waals surface area contributed by atoms with E-state index >= 15 is 0 Å². The number of ketones is 2. The van der Waals surface area contributed by atoms with Crippen LogP contribution < -0.4 is 43.4 Å².